The normalized spacial score (nSPS) is 11.6. The molecular formula is C17H27NO3. The zero-order chi connectivity index (χ0) is 16.2. The van der Waals surface area contributed by atoms with E-state index in [2.05, 4.69) is 20.4 Å². The number of hydrogen-bond acceptors (Lipinski definition) is 3. The second kappa shape index (κ2) is 6.83. The second-order valence-corrected chi connectivity index (χ2v) is 6.71. The lowest BCUT2D eigenvalue weighted by Gasteiger charge is -2.25. The van der Waals surface area contributed by atoms with Gasteiger partial charge in [0.05, 0.1) is 6.26 Å². The molecule has 0 aliphatic carbocycles. The zero-order valence-electron chi connectivity index (χ0n) is 14.0. The average Bonchev–Trinajstić information content (AvgIpc) is 2.75. The van der Waals surface area contributed by atoms with Crippen LogP contribution >= 0.6 is 0 Å². The van der Waals surface area contributed by atoms with Crippen molar-refractivity contribution in [1.29, 1.82) is 0 Å². The monoisotopic (exact) mass is 293 g/mol. The Labute approximate surface area is 127 Å². The van der Waals surface area contributed by atoms with Gasteiger partial charge in [0.2, 0.25) is 5.88 Å². The Kier molecular flexibility index (Phi) is 5.64. The van der Waals surface area contributed by atoms with E-state index in [1.807, 2.05) is 33.8 Å². The van der Waals surface area contributed by atoms with Gasteiger partial charge in [0.15, 0.2) is 0 Å². The number of anilines is 1. The first-order chi connectivity index (χ1) is 9.60. The summed E-state index contributed by atoms with van der Waals surface area (Å²) in [5.74, 6) is 0.873. The molecule has 1 heterocycles. The van der Waals surface area contributed by atoms with Gasteiger partial charge in [0.1, 0.15) is 5.60 Å². The number of nitrogens with zero attached hydrogens (tertiary/aromatic N) is 1. The number of carbonyl (C=O) groups excluding carboxylic acids is 1. The molecule has 4 nitrogen and oxygen atoms in total. The molecule has 0 saturated carbocycles. The van der Waals surface area contributed by atoms with E-state index in [1.54, 1.807) is 6.26 Å². The van der Waals surface area contributed by atoms with Crippen LogP contribution in [0.15, 0.2) is 28.9 Å². The number of ether oxygens (including phenoxy) is 1. The number of furan rings is 1. The summed E-state index contributed by atoms with van der Waals surface area (Å²) in [6.07, 6.45) is 2.00. The molecule has 1 aromatic rings. The first-order valence-electron chi connectivity index (χ1n) is 7.33. The molecule has 0 aliphatic rings. The van der Waals surface area contributed by atoms with Crippen molar-refractivity contribution < 1.29 is 13.9 Å². The average molecular weight is 293 g/mol. The molecule has 118 valence electrons. The van der Waals surface area contributed by atoms with Crippen LogP contribution in [0.25, 0.3) is 0 Å². The molecule has 4 heteroatoms. The molecule has 0 bridgehead atoms. The van der Waals surface area contributed by atoms with E-state index in [-0.39, 0.29) is 0 Å². The van der Waals surface area contributed by atoms with Crippen molar-refractivity contribution in [3.8, 4) is 0 Å². The summed E-state index contributed by atoms with van der Waals surface area (Å²) >= 11 is 0. The Balaban J connectivity index is 2.94. The van der Waals surface area contributed by atoms with Crippen LogP contribution < -0.4 is 4.90 Å². The van der Waals surface area contributed by atoms with Crippen LogP contribution in [0.5, 0.6) is 0 Å². The molecule has 0 unspecified atom stereocenters. The van der Waals surface area contributed by atoms with Crippen LogP contribution in [-0.2, 0) is 4.74 Å². The molecular weight excluding hydrogens is 266 g/mol. The number of carbonyl (C=O) groups is 1. The van der Waals surface area contributed by atoms with Crippen molar-refractivity contribution in [3.63, 3.8) is 0 Å². The van der Waals surface area contributed by atoms with Crippen LogP contribution in [0.4, 0.5) is 10.7 Å². The van der Waals surface area contributed by atoms with Gasteiger partial charge in [0.25, 0.3) is 0 Å². The number of hydrogen-bond donors (Lipinski definition) is 0. The van der Waals surface area contributed by atoms with Crippen molar-refractivity contribution in [3.05, 3.63) is 30.0 Å². The van der Waals surface area contributed by atoms with E-state index in [0.717, 1.165) is 11.1 Å². The maximum Gasteiger partial charge on any atom is 0.417 e. The lowest BCUT2D eigenvalue weighted by molar-refractivity contribution is 0.0575. The summed E-state index contributed by atoms with van der Waals surface area (Å²) in [5, 5.41) is 0. The van der Waals surface area contributed by atoms with E-state index < -0.39 is 11.7 Å². The van der Waals surface area contributed by atoms with Crippen LogP contribution in [0, 0.1) is 0 Å². The van der Waals surface area contributed by atoms with Gasteiger partial charge >= 0.3 is 6.09 Å². The van der Waals surface area contributed by atoms with Crippen molar-refractivity contribution in [2.45, 2.75) is 59.5 Å². The molecule has 0 spiro atoms. The predicted octanol–water partition coefficient (Wildman–Crippen LogP) is 5.11. The number of rotatable bonds is 5. The third kappa shape index (κ3) is 5.66. The van der Waals surface area contributed by atoms with Crippen molar-refractivity contribution in [1.82, 2.24) is 0 Å². The van der Waals surface area contributed by atoms with E-state index in [0.29, 0.717) is 24.8 Å². The molecule has 21 heavy (non-hydrogen) atoms. The van der Waals surface area contributed by atoms with Gasteiger partial charge in [-0.05, 0) is 45.6 Å². The minimum absolute atomic E-state index is 0.351. The van der Waals surface area contributed by atoms with Crippen LogP contribution in [0.2, 0.25) is 0 Å². The summed E-state index contributed by atoms with van der Waals surface area (Å²) in [6, 6.07) is 1.90. The zero-order valence-corrected chi connectivity index (χ0v) is 14.0. The lowest BCUT2D eigenvalue weighted by Crippen LogP contribution is -2.37. The van der Waals surface area contributed by atoms with Crippen molar-refractivity contribution >= 4 is 12.0 Å². The van der Waals surface area contributed by atoms with Gasteiger partial charge in [-0.15, -0.1) is 6.58 Å². The summed E-state index contributed by atoms with van der Waals surface area (Å²) in [7, 11) is 0. The molecule has 0 atom stereocenters. The van der Waals surface area contributed by atoms with E-state index in [9.17, 15) is 4.79 Å². The Morgan fingerprint density at radius 1 is 1.43 bits per heavy atom. The fraction of sp³-hybridized carbons (Fsp3) is 0.588. The Hall–Kier alpha value is -1.71. The maximum atomic E-state index is 12.4. The van der Waals surface area contributed by atoms with Gasteiger partial charge in [-0.1, -0.05) is 19.4 Å². The lowest BCUT2D eigenvalue weighted by atomic mass is 10.1. The van der Waals surface area contributed by atoms with E-state index in [1.165, 1.54) is 4.90 Å². The minimum Gasteiger partial charge on any atom is -0.448 e. The number of amides is 1. The fourth-order valence-electron chi connectivity index (χ4n) is 1.69. The quantitative estimate of drug-likeness (QED) is 0.708. The summed E-state index contributed by atoms with van der Waals surface area (Å²) < 4.78 is 11.0. The maximum absolute atomic E-state index is 12.4. The van der Waals surface area contributed by atoms with Crippen LogP contribution in [0.1, 0.15) is 59.4 Å². The van der Waals surface area contributed by atoms with Gasteiger partial charge in [0, 0.05) is 12.6 Å². The Morgan fingerprint density at radius 3 is 2.48 bits per heavy atom. The molecule has 1 aromatic heterocycles. The second-order valence-electron chi connectivity index (χ2n) is 6.71. The van der Waals surface area contributed by atoms with Crippen LogP contribution in [0.3, 0.4) is 0 Å². The molecule has 0 N–H and O–H groups in total. The highest BCUT2D eigenvalue weighted by Gasteiger charge is 2.25. The summed E-state index contributed by atoms with van der Waals surface area (Å²) in [5.41, 5.74) is 1.54. The fourth-order valence-corrected chi connectivity index (χ4v) is 1.69. The van der Waals surface area contributed by atoms with E-state index >= 15 is 0 Å². The highest BCUT2D eigenvalue weighted by atomic mass is 16.6. The van der Waals surface area contributed by atoms with Crippen molar-refractivity contribution in [2.24, 2.45) is 0 Å². The predicted molar refractivity (Wildman–Crippen MR) is 85.8 cm³/mol. The minimum atomic E-state index is -0.536. The SMILES string of the molecule is C=C(C)CCN(C(=O)OC(C)(C)C)c1cc(C(C)C)co1. The topological polar surface area (TPSA) is 42.7 Å². The molecule has 0 saturated heterocycles. The van der Waals surface area contributed by atoms with Gasteiger partial charge < -0.3 is 9.15 Å². The third-order valence-corrected chi connectivity index (χ3v) is 2.91. The Bertz CT molecular complexity index is 494. The summed E-state index contributed by atoms with van der Waals surface area (Å²) in [4.78, 5) is 13.9. The third-order valence-electron chi connectivity index (χ3n) is 2.91. The van der Waals surface area contributed by atoms with Gasteiger partial charge in [-0.2, -0.15) is 0 Å². The first-order valence-corrected chi connectivity index (χ1v) is 7.33. The Morgan fingerprint density at radius 2 is 2.05 bits per heavy atom. The smallest absolute Gasteiger partial charge is 0.417 e. The van der Waals surface area contributed by atoms with Gasteiger partial charge in [-0.3, -0.25) is 0 Å². The standard InChI is InChI=1S/C17H27NO3/c1-12(2)8-9-18(16(19)21-17(5,6)7)15-10-14(11-20-15)13(3)4/h10-11,13H,1,8-9H2,2-7H3. The van der Waals surface area contributed by atoms with Gasteiger partial charge in [-0.25, -0.2) is 9.69 Å². The van der Waals surface area contributed by atoms with Crippen LogP contribution in [-0.4, -0.2) is 18.2 Å². The highest BCUT2D eigenvalue weighted by Crippen LogP contribution is 2.26. The highest BCUT2D eigenvalue weighted by molar-refractivity contribution is 5.86. The summed E-state index contributed by atoms with van der Waals surface area (Å²) in [6.45, 7) is 16.0. The molecule has 1 rings (SSSR count). The first kappa shape index (κ1) is 17.3. The molecule has 0 aliphatic heterocycles. The molecule has 0 radical (unpaired) electrons. The molecule has 0 fully saturated rings. The van der Waals surface area contributed by atoms with Crippen molar-refractivity contribution in [2.75, 3.05) is 11.4 Å². The molecule has 0 aromatic carbocycles. The molecule has 1 amide bonds. The van der Waals surface area contributed by atoms with E-state index in [4.69, 9.17) is 9.15 Å². The largest absolute Gasteiger partial charge is 0.448 e.